The standard InChI is InChI=1S/C15H23N3O3S/c1-15(2,3)9-4-6-10(7-5-9)17-18-14-16-13(21)11(22-14)8-12(19)20/h9,11H,4-8H2,1-3H3,(H,19,20)(H,16,18,21)/p-1/t9?,11-/m0/s1. The zero-order valence-corrected chi connectivity index (χ0v) is 14.0. The van der Waals surface area contributed by atoms with Gasteiger partial charge in [-0.15, -0.1) is 5.10 Å². The van der Waals surface area contributed by atoms with E-state index >= 15 is 0 Å². The summed E-state index contributed by atoms with van der Waals surface area (Å²) in [6.45, 7) is 6.80. The molecule has 2 rings (SSSR count). The Hall–Kier alpha value is -1.37. The molecule has 2 aliphatic rings. The lowest BCUT2D eigenvalue weighted by Crippen LogP contribution is -2.31. The predicted octanol–water partition coefficient (Wildman–Crippen LogP) is 1.31. The summed E-state index contributed by atoms with van der Waals surface area (Å²) in [5.41, 5.74) is 1.37. The van der Waals surface area contributed by atoms with Gasteiger partial charge in [-0.3, -0.25) is 4.79 Å². The highest BCUT2D eigenvalue weighted by molar-refractivity contribution is 8.15. The quantitative estimate of drug-likeness (QED) is 0.792. The molecule has 1 heterocycles. The second kappa shape index (κ2) is 6.81. The van der Waals surface area contributed by atoms with Crippen molar-refractivity contribution in [3.8, 4) is 0 Å². The minimum absolute atomic E-state index is 0.306. The molecule has 22 heavy (non-hydrogen) atoms. The van der Waals surface area contributed by atoms with Crippen molar-refractivity contribution >= 4 is 34.5 Å². The number of amidine groups is 1. The molecule has 7 heteroatoms. The van der Waals surface area contributed by atoms with Crippen molar-refractivity contribution < 1.29 is 14.7 Å². The molecule has 1 aliphatic carbocycles. The third-order valence-corrected chi connectivity index (χ3v) is 5.27. The maximum Gasteiger partial charge on any atom is 0.239 e. The summed E-state index contributed by atoms with van der Waals surface area (Å²) in [5.74, 6) is -0.877. The summed E-state index contributed by atoms with van der Waals surface area (Å²) in [7, 11) is 0. The van der Waals surface area contributed by atoms with Crippen LogP contribution in [0.25, 0.3) is 0 Å². The monoisotopic (exact) mass is 324 g/mol. The number of carbonyl (C=O) groups excluding carboxylic acids is 2. The number of hydrogen-bond acceptors (Lipinski definition) is 6. The van der Waals surface area contributed by atoms with E-state index in [-0.39, 0.29) is 12.3 Å². The molecule has 0 spiro atoms. The summed E-state index contributed by atoms with van der Waals surface area (Å²) in [6.07, 6.45) is 3.78. The van der Waals surface area contributed by atoms with Gasteiger partial charge in [-0.25, -0.2) is 0 Å². The number of rotatable bonds is 3. The van der Waals surface area contributed by atoms with Crippen molar-refractivity contribution in [3.63, 3.8) is 0 Å². The molecule has 6 nitrogen and oxygen atoms in total. The van der Waals surface area contributed by atoms with Gasteiger partial charge in [0.2, 0.25) is 5.91 Å². The summed E-state index contributed by atoms with van der Waals surface area (Å²) < 4.78 is 0. The Morgan fingerprint density at radius 2 is 1.95 bits per heavy atom. The highest BCUT2D eigenvalue weighted by atomic mass is 32.2. The van der Waals surface area contributed by atoms with Crippen LogP contribution >= 0.6 is 11.8 Å². The van der Waals surface area contributed by atoms with Crippen LogP contribution in [0.15, 0.2) is 10.2 Å². The Kier molecular flexibility index (Phi) is 5.26. The van der Waals surface area contributed by atoms with Crippen molar-refractivity contribution in [2.75, 3.05) is 0 Å². The molecule has 2 fully saturated rings. The molecule has 1 saturated heterocycles. The smallest absolute Gasteiger partial charge is 0.239 e. The maximum atomic E-state index is 11.6. The van der Waals surface area contributed by atoms with E-state index in [9.17, 15) is 14.7 Å². The van der Waals surface area contributed by atoms with E-state index in [0.717, 1.165) is 43.2 Å². The molecular formula is C15H22N3O3S-. The van der Waals surface area contributed by atoms with E-state index in [4.69, 9.17) is 0 Å². The number of carboxylic acid groups (broad SMARTS) is 1. The molecule has 1 N–H and O–H groups in total. The molecule has 0 radical (unpaired) electrons. The minimum Gasteiger partial charge on any atom is -0.550 e. The summed E-state index contributed by atoms with van der Waals surface area (Å²) >= 11 is 1.10. The zero-order valence-electron chi connectivity index (χ0n) is 13.2. The molecule has 0 aromatic heterocycles. The summed E-state index contributed by atoms with van der Waals surface area (Å²) in [5, 5.41) is 21.1. The van der Waals surface area contributed by atoms with Crippen molar-refractivity contribution in [3.05, 3.63) is 0 Å². The number of aliphatic carboxylic acids is 1. The van der Waals surface area contributed by atoms with Crippen molar-refractivity contribution in [1.29, 1.82) is 0 Å². The average Bonchev–Trinajstić information content (AvgIpc) is 2.76. The molecule has 1 amide bonds. The minimum atomic E-state index is -1.24. The van der Waals surface area contributed by atoms with Gasteiger partial charge in [-0.1, -0.05) is 32.5 Å². The van der Waals surface area contributed by atoms with E-state index in [1.54, 1.807) is 0 Å². The van der Waals surface area contributed by atoms with E-state index in [1.165, 1.54) is 0 Å². The van der Waals surface area contributed by atoms with Gasteiger partial charge in [-0.2, -0.15) is 5.10 Å². The summed E-state index contributed by atoms with van der Waals surface area (Å²) in [4.78, 5) is 22.1. The van der Waals surface area contributed by atoms with Crippen LogP contribution in [0, 0.1) is 11.3 Å². The van der Waals surface area contributed by atoms with Crippen molar-refractivity contribution in [2.24, 2.45) is 21.5 Å². The van der Waals surface area contributed by atoms with E-state index < -0.39 is 11.2 Å². The fourth-order valence-corrected chi connectivity index (χ4v) is 3.67. The van der Waals surface area contributed by atoms with Gasteiger partial charge in [-0.05, 0) is 37.0 Å². The van der Waals surface area contributed by atoms with Crippen molar-refractivity contribution in [2.45, 2.75) is 58.1 Å². The highest BCUT2D eigenvalue weighted by Gasteiger charge is 2.31. The van der Waals surface area contributed by atoms with Crippen LogP contribution in [0.5, 0.6) is 0 Å². The molecule has 1 saturated carbocycles. The number of nitrogens with zero attached hydrogens (tertiary/aromatic N) is 2. The maximum absolute atomic E-state index is 11.6. The van der Waals surface area contributed by atoms with Crippen LogP contribution in [0.1, 0.15) is 52.9 Å². The van der Waals surface area contributed by atoms with Gasteiger partial charge < -0.3 is 15.2 Å². The number of carboxylic acids is 1. The third kappa shape index (κ3) is 4.56. The lowest BCUT2D eigenvalue weighted by Gasteiger charge is -2.34. The molecule has 0 bridgehead atoms. The van der Waals surface area contributed by atoms with Gasteiger partial charge in [0.05, 0.1) is 5.25 Å². The van der Waals surface area contributed by atoms with E-state index in [2.05, 4.69) is 36.3 Å². The molecular weight excluding hydrogens is 302 g/mol. The van der Waals surface area contributed by atoms with Crippen LogP contribution in [0.3, 0.4) is 0 Å². The number of nitrogens with one attached hydrogen (secondary N) is 1. The van der Waals surface area contributed by atoms with E-state index in [0.29, 0.717) is 16.5 Å². The Bertz CT molecular complexity index is 513. The van der Waals surface area contributed by atoms with Gasteiger partial charge in [0.15, 0.2) is 5.17 Å². The first-order chi connectivity index (χ1) is 10.3. The third-order valence-electron chi connectivity index (χ3n) is 4.20. The van der Waals surface area contributed by atoms with Crippen LogP contribution in [-0.4, -0.2) is 28.0 Å². The Labute approximate surface area is 134 Å². The Morgan fingerprint density at radius 1 is 1.32 bits per heavy atom. The number of hydrogen-bond donors (Lipinski definition) is 1. The molecule has 1 atom stereocenters. The van der Waals surface area contributed by atoms with E-state index in [1.807, 2.05) is 0 Å². The lowest BCUT2D eigenvalue weighted by molar-refractivity contribution is -0.305. The number of carbonyl (C=O) groups is 2. The molecule has 0 aromatic rings. The number of amides is 1. The van der Waals surface area contributed by atoms with Crippen molar-refractivity contribution in [1.82, 2.24) is 5.32 Å². The molecule has 1 aliphatic heterocycles. The predicted molar refractivity (Wildman–Crippen MR) is 85.4 cm³/mol. The Morgan fingerprint density at radius 3 is 2.50 bits per heavy atom. The van der Waals surface area contributed by atoms with Crippen LogP contribution in [0.2, 0.25) is 0 Å². The molecule has 0 aromatic carbocycles. The van der Waals surface area contributed by atoms with Gasteiger partial charge >= 0.3 is 0 Å². The zero-order chi connectivity index (χ0) is 16.3. The second-order valence-electron chi connectivity index (χ2n) is 6.88. The highest BCUT2D eigenvalue weighted by Crippen LogP contribution is 2.36. The van der Waals surface area contributed by atoms with Gasteiger partial charge in [0, 0.05) is 18.1 Å². The normalized spacial score (nSPS) is 27.9. The lowest BCUT2D eigenvalue weighted by atomic mass is 9.72. The van der Waals surface area contributed by atoms with Crippen LogP contribution in [-0.2, 0) is 9.59 Å². The first kappa shape index (κ1) is 17.0. The fraction of sp³-hybridized carbons (Fsp3) is 0.733. The fourth-order valence-electron chi connectivity index (χ4n) is 2.77. The summed E-state index contributed by atoms with van der Waals surface area (Å²) in [6, 6.07) is 0. The average molecular weight is 324 g/mol. The largest absolute Gasteiger partial charge is 0.550 e. The van der Waals surface area contributed by atoms with Crippen LogP contribution in [0.4, 0.5) is 0 Å². The second-order valence-corrected chi connectivity index (χ2v) is 8.07. The SMILES string of the molecule is CC(C)(C)C1CCC(=N/N=C2/NC(=O)[C@H](CC(=O)[O-])S2)CC1. The van der Waals surface area contributed by atoms with Gasteiger partial charge in [0.1, 0.15) is 0 Å². The first-order valence-electron chi connectivity index (χ1n) is 7.56. The molecule has 0 unspecified atom stereocenters. The topological polar surface area (TPSA) is 94.0 Å². The molecule has 122 valence electrons. The Balaban J connectivity index is 1.90. The van der Waals surface area contributed by atoms with Gasteiger partial charge in [0.25, 0.3) is 0 Å². The van der Waals surface area contributed by atoms with Crippen LogP contribution < -0.4 is 10.4 Å². The first-order valence-corrected chi connectivity index (χ1v) is 8.44. The number of thioether (sulfide) groups is 1.